The van der Waals surface area contributed by atoms with E-state index in [0.29, 0.717) is 17.1 Å². The second-order valence-electron chi connectivity index (χ2n) is 6.69. The van der Waals surface area contributed by atoms with Gasteiger partial charge in [0.25, 0.3) is 5.91 Å². The molecular formula is C20H24ClN3O3. The zero-order valence-corrected chi connectivity index (χ0v) is 16.0. The topological polar surface area (TPSA) is 74.6 Å². The Morgan fingerprint density at radius 2 is 1.93 bits per heavy atom. The third-order valence-electron chi connectivity index (χ3n) is 4.78. The maximum Gasteiger partial charge on any atom is 0.253 e. The molecule has 1 aromatic carbocycles. The van der Waals surface area contributed by atoms with Gasteiger partial charge in [0.15, 0.2) is 0 Å². The Bertz CT molecular complexity index is 773. The number of likely N-dealkylation sites (tertiary alicyclic amines) is 1. The number of nitrogens with one attached hydrogen (secondary N) is 2. The molecule has 27 heavy (non-hydrogen) atoms. The van der Waals surface area contributed by atoms with Crippen LogP contribution >= 0.6 is 11.6 Å². The summed E-state index contributed by atoms with van der Waals surface area (Å²) in [5.74, 6) is 0.224. The van der Waals surface area contributed by atoms with Gasteiger partial charge in [-0.1, -0.05) is 23.7 Å². The molecular weight excluding hydrogens is 366 g/mol. The Hall–Kier alpha value is -2.31. The molecule has 1 saturated heterocycles. The van der Waals surface area contributed by atoms with Crippen molar-refractivity contribution in [2.24, 2.45) is 0 Å². The molecule has 144 valence electrons. The average Bonchev–Trinajstić information content (AvgIpc) is 3.36. The van der Waals surface area contributed by atoms with Crippen molar-refractivity contribution in [3.63, 3.8) is 0 Å². The van der Waals surface area contributed by atoms with Gasteiger partial charge in [0.1, 0.15) is 11.8 Å². The fraction of sp³-hybridized carbons (Fsp3) is 0.400. The number of amides is 2. The molecule has 2 heterocycles. The number of halogens is 1. The Labute approximate surface area is 163 Å². The highest BCUT2D eigenvalue weighted by atomic mass is 35.5. The quantitative estimate of drug-likeness (QED) is 0.763. The highest BCUT2D eigenvalue weighted by Gasteiger charge is 2.27. The van der Waals surface area contributed by atoms with Crippen LogP contribution in [0.5, 0.6) is 0 Å². The molecule has 1 fully saturated rings. The number of hydrogen-bond donors (Lipinski definition) is 2. The third kappa shape index (κ3) is 4.90. The van der Waals surface area contributed by atoms with Crippen LogP contribution in [-0.4, -0.2) is 42.4 Å². The van der Waals surface area contributed by atoms with Crippen LogP contribution in [0.2, 0.25) is 5.02 Å². The molecule has 0 radical (unpaired) electrons. The second kappa shape index (κ2) is 9.06. The first-order valence-corrected chi connectivity index (χ1v) is 9.54. The molecule has 2 amide bonds. The number of nitrogens with zero attached hydrogens (tertiary/aromatic N) is 1. The molecule has 0 aliphatic carbocycles. The minimum Gasteiger partial charge on any atom is -0.468 e. The molecule has 0 spiro atoms. The summed E-state index contributed by atoms with van der Waals surface area (Å²) in [5, 5.41) is 5.98. The van der Waals surface area contributed by atoms with Gasteiger partial charge in [0.2, 0.25) is 5.91 Å². The Morgan fingerprint density at radius 3 is 2.59 bits per heavy atom. The first kappa shape index (κ1) is 19.5. The lowest BCUT2D eigenvalue weighted by molar-refractivity contribution is -0.122. The molecule has 3 rings (SSSR count). The summed E-state index contributed by atoms with van der Waals surface area (Å²) < 4.78 is 5.56. The molecule has 7 heteroatoms. The lowest BCUT2D eigenvalue weighted by Gasteiger charge is -2.26. The summed E-state index contributed by atoms with van der Waals surface area (Å²) >= 11 is 6.04. The summed E-state index contributed by atoms with van der Waals surface area (Å²) in [5.41, 5.74) is 0.351. The summed E-state index contributed by atoms with van der Waals surface area (Å²) in [6.07, 6.45) is 3.94. The number of furan rings is 1. The highest BCUT2D eigenvalue weighted by Crippen LogP contribution is 2.24. The van der Waals surface area contributed by atoms with Gasteiger partial charge in [0.05, 0.1) is 22.9 Å². The van der Waals surface area contributed by atoms with Gasteiger partial charge >= 0.3 is 0 Å². The van der Waals surface area contributed by atoms with Gasteiger partial charge < -0.3 is 15.1 Å². The molecule has 2 unspecified atom stereocenters. The van der Waals surface area contributed by atoms with Crippen LogP contribution in [0.4, 0.5) is 0 Å². The summed E-state index contributed by atoms with van der Waals surface area (Å²) in [4.78, 5) is 27.1. The van der Waals surface area contributed by atoms with Crippen LogP contribution < -0.4 is 10.6 Å². The van der Waals surface area contributed by atoms with E-state index < -0.39 is 6.04 Å². The monoisotopic (exact) mass is 389 g/mol. The van der Waals surface area contributed by atoms with Gasteiger partial charge in [-0.25, -0.2) is 0 Å². The Balaban J connectivity index is 1.57. The van der Waals surface area contributed by atoms with E-state index in [1.807, 2.05) is 12.1 Å². The number of benzene rings is 1. The Kier molecular flexibility index (Phi) is 6.53. The normalized spacial score (nSPS) is 16.7. The molecule has 6 nitrogen and oxygen atoms in total. The van der Waals surface area contributed by atoms with Gasteiger partial charge in [-0.15, -0.1) is 0 Å². The summed E-state index contributed by atoms with van der Waals surface area (Å²) in [6.45, 7) is 4.06. The summed E-state index contributed by atoms with van der Waals surface area (Å²) in [6, 6.07) is 9.86. The van der Waals surface area contributed by atoms with Crippen molar-refractivity contribution < 1.29 is 14.0 Å². The van der Waals surface area contributed by atoms with Crippen LogP contribution in [0.3, 0.4) is 0 Å². The van der Waals surface area contributed by atoms with E-state index in [1.165, 1.54) is 0 Å². The Morgan fingerprint density at radius 1 is 1.19 bits per heavy atom. The number of hydrogen-bond acceptors (Lipinski definition) is 4. The van der Waals surface area contributed by atoms with Gasteiger partial charge in [-0.3, -0.25) is 14.5 Å². The second-order valence-corrected chi connectivity index (χ2v) is 7.10. The van der Waals surface area contributed by atoms with Crippen molar-refractivity contribution in [3.05, 3.63) is 59.0 Å². The maximum atomic E-state index is 12.5. The van der Waals surface area contributed by atoms with Crippen LogP contribution in [-0.2, 0) is 4.79 Å². The van der Waals surface area contributed by atoms with E-state index in [1.54, 1.807) is 37.5 Å². The molecule has 2 N–H and O–H groups in total. The lowest BCUT2D eigenvalue weighted by Crippen LogP contribution is -2.47. The average molecular weight is 390 g/mol. The van der Waals surface area contributed by atoms with Crippen molar-refractivity contribution in [2.45, 2.75) is 31.8 Å². The van der Waals surface area contributed by atoms with Gasteiger partial charge in [0, 0.05) is 6.54 Å². The van der Waals surface area contributed by atoms with Crippen molar-refractivity contribution in [2.75, 3.05) is 19.6 Å². The van der Waals surface area contributed by atoms with Crippen molar-refractivity contribution in [1.29, 1.82) is 0 Å². The summed E-state index contributed by atoms with van der Waals surface area (Å²) in [7, 11) is 0. The minimum absolute atomic E-state index is 0.00193. The molecule has 0 bridgehead atoms. The first-order valence-electron chi connectivity index (χ1n) is 9.17. The first-order chi connectivity index (χ1) is 13.1. The van der Waals surface area contributed by atoms with Gasteiger partial charge in [-0.05, 0) is 57.1 Å². The van der Waals surface area contributed by atoms with Crippen LogP contribution in [0, 0.1) is 0 Å². The molecule has 2 atom stereocenters. The van der Waals surface area contributed by atoms with Crippen molar-refractivity contribution in [1.82, 2.24) is 15.5 Å². The molecule has 1 aliphatic rings. The molecule has 1 aliphatic heterocycles. The molecule has 2 aromatic rings. The number of carbonyl (C=O) groups excluding carboxylic acids is 2. The van der Waals surface area contributed by atoms with Crippen molar-refractivity contribution >= 4 is 23.4 Å². The van der Waals surface area contributed by atoms with Crippen molar-refractivity contribution in [3.8, 4) is 0 Å². The largest absolute Gasteiger partial charge is 0.468 e. The van der Waals surface area contributed by atoms with E-state index >= 15 is 0 Å². The fourth-order valence-electron chi connectivity index (χ4n) is 3.28. The standard InChI is InChI=1S/C20H24ClN3O3/c1-14(23-20(26)15-7-2-3-8-16(15)21)19(25)22-13-17(18-9-6-12-27-18)24-10-4-5-11-24/h2-3,6-9,12,14,17H,4-5,10-11,13H2,1H3,(H,22,25)(H,23,26). The number of rotatable bonds is 7. The smallest absolute Gasteiger partial charge is 0.253 e. The maximum absolute atomic E-state index is 12.5. The number of carbonyl (C=O) groups is 2. The molecule has 0 saturated carbocycles. The zero-order chi connectivity index (χ0) is 19.2. The third-order valence-corrected chi connectivity index (χ3v) is 5.11. The predicted molar refractivity (Wildman–Crippen MR) is 104 cm³/mol. The predicted octanol–water partition coefficient (Wildman–Crippen LogP) is 3.00. The fourth-order valence-corrected chi connectivity index (χ4v) is 3.50. The van der Waals surface area contributed by atoms with E-state index in [2.05, 4.69) is 15.5 Å². The minimum atomic E-state index is -0.676. The van der Waals surface area contributed by atoms with Crippen LogP contribution in [0.1, 0.15) is 41.9 Å². The molecule has 1 aromatic heterocycles. The van der Waals surface area contributed by atoms with Crippen LogP contribution in [0.25, 0.3) is 0 Å². The van der Waals surface area contributed by atoms with Crippen LogP contribution in [0.15, 0.2) is 47.1 Å². The van der Waals surface area contributed by atoms with E-state index in [9.17, 15) is 9.59 Å². The van der Waals surface area contributed by atoms with Gasteiger partial charge in [-0.2, -0.15) is 0 Å². The van der Waals surface area contributed by atoms with E-state index in [-0.39, 0.29) is 17.9 Å². The lowest BCUT2D eigenvalue weighted by atomic mass is 10.1. The highest BCUT2D eigenvalue weighted by molar-refractivity contribution is 6.33. The van der Waals surface area contributed by atoms with E-state index in [4.69, 9.17) is 16.0 Å². The van der Waals surface area contributed by atoms with E-state index in [0.717, 1.165) is 31.7 Å². The SMILES string of the molecule is CC(NC(=O)c1ccccc1Cl)C(=O)NCC(c1ccco1)N1CCCC1. The zero-order valence-electron chi connectivity index (χ0n) is 15.3.